The zero-order valence-corrected chi connectivity index (χ0v) is 16.6. The van der Waals surface area contributed by atoms with Crippen LogP contribution in [0.5, 0.6) is 0 Å². The van der Waals surface area contributed by atoms with Gasteiger partial charge in [-0.3, -0.25) is 4.79 Å². The summed E-state index contributed by atoms with van der Waals surface area (Å²) < 4.78 is 15.9. The van der Waals surface area contributed by atoms with Gasteiger partial charge in [-0.05, 0) is 55.5 Å². The number of thioether (sulfide) groups is 1. The summed E-state index contributed by atoms with van der Waals surface area (Å²) in [6.45, 7) is 1.85. The fourth-order valence-electron chi connectivity index (χ4n) is 2.31. The standard InChI is InChI=1S/C18H16FN3OS3/c1-12(16(23)21(2)14-6-4-3-5-7-14)25-17-20-22(18(24)26-17)15-10-8-13(19)9-11-15/h3-12H,1-2H3/t12-/m0/s1. The predicted molar refractivity (Wildman–Crippen MR) is 107 cm³/mol. The molecule has 0 radical (unpaired) electrons. The van der Waals surface area contributed by atoms with E-state index in [0.717, 1.165) is 5.69 Å². The molecule has 0 N–H and O–H groups in total. The molecule has 1 amide bonds. The molecule has 0 fully saturated rings. The monoisotopic (exact) mass is 405 g/mol. The highest BCUT2D eigenvalue weighted by atomic mass is 32.2. The smallest absolute Gasteiger partial charge is 0.240 e. The number of para-hydroxylation sites is 1. The first kappa shape index (κ1) is 18.8. The van der Waals surface area contributed by atoms with Crippen LogP contribution in [0.25, 0.3) is 5.69 Å². The summed E-state index contributed by atoms with van der Waals surface area (Å²) in [5.74, 6) is -0.330. The van der Waals surface area contributed by atoms with Crippen LogP contribution in [0.15, 0.2) is 58.9 Å². The molecule has 134 valence electrons. The second kappa shape index (κ2) is 8.11. The molecule has 0 spiro atoms. The Morgan fingerprint density at radius 3 is 2.54 bits per heavy atom. The molecule has 0 aliphatic carbocycles. The van der Waals surface area contributed by atoms with Gasteiger partial charge >= 0.3 is 0 Å². The van der Waals surface area contributed by atoms with E-state index >= 15 is 0 Å². The van der Waals surface area contributed by atoms with Gasteiger partial charge in [0.1, 0.15) is 5.82 Å². The molecule has 0 unspecified atom stereocenters. The third kappa shape index (κ3) is 4.20. The van der Waals surface area contributed by atoms with Crippen LogP contribution in [0.3, 0.4) is 0 Å². The molecule has 2 aromatic carbocycles. The minimum absolute atomic E-state index is 0.0179. The number of halogens is 1. The number of carbonyl (C=O) groups excluding carboxylic acids is 1. The Labute approximate surface area is 164 Å². The minimum Gasteiger partial charge on any atom is -0.315 e. The molecule has 0 aliphatic heterocycles. The Kier molecular flexibility index (Phi) is 5.85. The first-order chi connectivity index (χ1) is 12.5. The van der Waals surface area contributed by atoms with Crippen LogP contribution in [0.1, 0.15) is 6.92 Å². The number of amides is 1. The number of anilines is 1. The predicted octanol–water partition coefficient (Wildman–Crippen LogP) is 4.95. The second-order valence-electron chi connectivity index (χ2n) is 5.51. The number of hydrogen-bond acceptors (Lipinski definition) is 5. The van der Waals surface area contributed by atoms with Gasteiger partial charge in [-0.1, -0.05) is 41.3 Å². The lowest BCUT2D eigenvalue weighted by Crippen LogP contribution is -2.33. The molecule has 4 nitrogen and oxygen atoms in total. The highest BCUT2D eigenvalue weighted by molar-refractivity contribution is 8.02. The maximum atomic E-state index is 13.1. The third-order valence-electron chi connectivity index (χ3n) is 3.70. The van der Waals surface area contributed by atoms with E-state index in [4.69, 9.17) is 12.2 Å². The van der Waals surface area contributed by atoms with E-state index in [-0.39, 0.29) is 17.0 Å². The van der Waals surface area contributed by atoms with Crippen molar-refractivity contribution in [1.82, 2.24) is 9.78 Å². The van der Waals surface area contributed by atoms with Crippen molar-refractivity contribution in [3.63, 3.8) is 0 Å². The van der Waals surface area contributed by atoms with Crippen LogP contribution in [0.2, 0.25) is 0 Å². The number of nitrogens with zero attached hydrogens (tertiary/aromatic N) is 3. The van der Waals surface area contributed by atoms with Crippen molar-refractivity contribution in [2.45, 2.75) is 16.5 Å². The van der Waals surface area contributed by atoms with E-state index in [1.807, 2.05) is 37.3 Å². The zero-order valence-electron chi connectivity index (χ0n) is 14.1. The fraction of sp³-hybridized carbons (Fsp3) is 0.167. The van der Waals surface area contributed by atoms with Gasteiger partial charge < -0.3 is 4.90 Å². The summed E-state index contributed by atoms with van der Waals surface area (Å²) in [4.78, 5) is 14.3. The van der Waals surface area contributed by atoms with E-state index in [9.17, 15) is 9.18 Å². The van der Waals surface area contributed by atoms with E-state index in [1.54, 1.807) is 28.8 Å². The van der Waals surface area contributed by atoms with Crippen LogP contribution in [0.4, 0.5) is 10.1 Å². The summed E-state index contributed by atoms with van der Waals surface area (Å²) in [6.07, 6.45) is 0. The van der Waals surface area contributed by atoms with Crippen molar-refractivity contribution in [2.75, 3.05) is 11.9 Å². The molecule has 26 heavy (non-hydrogen) atoms. The Balaban J connectivity index is 1.74. The highest BCUT2D eigenvalue weighted by Crippen LogP contribution is 2.29. The molecule has 1 heterocycles. The molecule has 0 aliphatic rings. The molecule has 3 aromatic rings. The van der Waals surface area contributed by atoms with Crippen molar-refractivity contribution in [3.05, 3.63) is 64.4 Å². The Morgan fingerprint density at radius 1 is 1.23 bits per heavy atom. The van der Waals surface area contributed by atoms with Crippen molar-refractivity contribution in [3.8, 4) is 5.69 Å². The minimum atomic E-state index is -0.317. The van der Waals surface area contributed by atoms with Crippen molar-refractivity contribution >= 4 is 46.9 Å². The molecular formula is C18H16FN3OS3. The van der Waals surface area contributed by atoms with Gasteiger partial charge in [0.15, 0.2) is 8.29 Å². The van der Waals surface area contributed by atoms with E-state index in [0.29, 0.717) is 14.0 Å². The number of aromatic nitrogens is 2. The lowest BCUT2D eigenvalue weighted by Gasteiger charge is -2.20. The number of hydrogen-bond donors (Lipinski definition) is 0. The lowest BCUT2D eigenvalue weighted by atomic mass is 10.3. The van der Waals surface area contributed by atoms with Gasteiger partial charge in [0, 0.05) is 12.7 Å². The number of carbonyl (C=O) groups is 1. The molecule has 0 bridgehead atoms. The normalized spacial score (nSPS) is 12.0. The Hall–Kier alpha value is -2.03. The largest absolute Gasteiger partial charge is 0.315 e. The van der Waals surface area contributed by atoms with Crippen LogP contribution >= 0.6 is 35.3 Å². The van der Waals surface area contributed by atoms with E-state index < -0.39 is 0 Å². The average Bonchev–Trinajstić information content (AvgIpc) is 3.02. The van der Waals surface area contributed by atoms with Crippen LogP contribution in [0, 0.1) is 9.77 Å². The third-order valence-corrected chi connectivity index (χ3v) is 6.10. The SMILES string of the molecule is C[C@H](Sc1nn(-c2ccc(F)cc2)c(=S)s1)C(=O)N(C)c1ccccc1. The van der Waals surface area contributed by atoms with Gasteiger partial charge in [0.25, 0.3) is 0 Å². The molecule has 0 saturated heterocycles. The molecule has 8 heteroatoms. The molecule has 1 aromatic heterocycles. The number of benzene rings is 2. The van der Waals surface area contributed by atoms with Gasteiger partial charge in [-0.15, -0.1) is 5.10 Å². The van der Waals surface area contributed by atoms with Gasteiger partial charge in [0.05, 0.1) is 10.9 Å². The van der Waals surface area contributed by atoms with Crippen LogP contribution in [-0.2, 0) is 4.79 Å². The zero-order chi connectivity index (χ0) is 18.7. The Morgan fingerprint density at radius 2 is 1.88 bits per heavy atom. The molecule has 3 rings (SSSR count). The van der Waals surface area contributed by atoms with Gasteiger partial charge in [-0.2, -0.15) is 0 Å². The summed E-state index contributed by atoms with van der Waals surface area (Å²) in [7, 11) is 1.76. The molecule has 1 atom stereocenters. The maximum Gasteiger partial charge on any atom is 0.240 e. The van der Waals surface area contributed by atoms with Gasteiger partial charge in [0.2, 0.25) is 5.91 Å². The maximum absolute atomic E-state index is 13.1. The van der Waals surface area contributed by atoms with Crippen molar-refractivity contribution in [2.24, 2.45) is 0 Å². The Bertz CT molecular complexity index is 954. The number of rotatable bonds is 5. The first-order valence-corrected chi connectivity index (χ1v) is 9.91. The fourth-order valence-corrected chi connectivity index (χ4v) is 4.91. The topological polar surface area (TPSA) is 38.1 Å². The van der Waals surface area contributed by atoms with Crippen molar-refractivity contribution in [1.29, 1.82) is 0 Å². The highest BCUT2D eigenvalue weighted by Gasteiger charge is 2.21. The lowest BCUT2D eigenvalue weighted by molar-refractivity contribution is -0.117. The van der Waals surface area contributed by atoms with E-state index in [2.05, 4.69) is 5.10 Å². The summed E-state index contributed by atoms with van der Waals surface area (Å²) in [5.41, 5.74) is 1.54. The van der Waals surface area contributed by atoms with Crippen LogP contribution < -0.4 is 4.90 Å². The van der Waals surface area contributed by atoms with Crippen molar-refractivity contribution < 1.29 is 9.18 Å². The van der Waals surface area contributed by atoms with Gasteiger partial charge in [-0.25, -0.2) is 9.07 Å². The second-order valence-corrected chi connectivity index (χ2v) is 8.73. The average molecular weight is 406 g/mol. The molecular weight excluding hydrogens is 389 g/mol. The summed E-state index contributed by atoms with van der Waals surface area (Å²) >= 11 is 8.04. The summed E-state index contributed by atoms with van der Waals surface area (Å²) in [6, 6.07) is 15.5. The summed E-state index contributed by atoms with van der Waals surface area (Å²) in [5, 5.41) is 4.15. The quantitative estimate of drug-likeness (QED) is 0.445. The molecule has 0 saturated carbocycles. The first-order valence-electron chi connectivity index (χ1n) is 7.81. The van der Waals surface area contributed by atoms with Crippen LogP contribution in [-0.4, -0.2) is 28.0 Å². The van der Waals surface area contributed by atoms with E-state index in [1.165, 1.54) is 35.2 Å².